The molecule has 4 heteroatoms. The molecule has 0 saturated heterocycles. The normalized spacial score (nSPS) is 10.3. The van der Waals surface area contributed by atoms with Gasteiger partial charge in [0.1, 0.15) is 0 Å². The molecule has 0 aliphatic rings. The third kappa shape index (κ3) is 4.12. The standard InChI is InChI=1S/C16H15BrO2S/c1-19-16(18)13-7-8-14(15(17)9-13)11-20-10-12-5-3-2-4-6-12/h2-9H,10-11H2,1H3. The molecule has 0 aromatic heterocycles. The van der Waals surface area contributed by atoms with Crippen LogP contribution in [-0.2, 0) is 16.2 Å². The average Bonchev–Trinajstić information content (AvgIpc) is 2.49. The van der Waals surface area contributed by atoms with Crippen LogP contribution in [0, 0.1) is 0 Å². The molecule has 0 amide bonds. The van der Waals surface area contributed by atoms with Gasteiger partial charge in [-0.05, 0) is 23.3 Å². The van der Waals surface area contributed by atoms with Crippen molar-refractivity contribution in [2.24, 2.45) is 0 Å². The number of rotatable bonds is 5. The zero-order valence-electron chi connectivity index (χ0n) is 11.1. The lowest BCUT2D eigenvalue weighted by molar-refractivity contribution is 0.0600. The van der Waals surface area contributed by atoms with Gasteiger partial charge in [0.15, 0.2) is 0 Å². The minimum absolute atomic E-state index is 0.311. The number of methoxy groups -OCH3 is 1. The van der Waals surface area contributed by atoms with E-state index in [9.17, 15) is 4.79 Å². The highest BCUT2D eigenvalue weighted by molar-refractivity contribution is 9.10. The molecule has 2 aromatic carbocycles. The Hall–Kier alpha value is -1.26. The van der Waals surface area contributed by atoms with Crippen LogP contribution in [0.1, 0.15) is 21.5 Å². The summed E-state index contributed by atoms with van der Waals surface area (Å²) in [7, 11) is 1.39. The van der Waals surface area contributed by atoms with Gasteiger partial charge in [-0.2, -0.15) is 11.8 Å². The monoisotopic (exact) mass is 350 g/mol. The van der Waals surface area contributed by atoms with Crippen molar-refractivity contribution in [2.75, 3.05) is 7.11 Å². The molecule has 20 heavy (non-hydrogen) atoms. The summed E-state index contributed by atoms with van der Waals surface area (Å²) in [6.45, 7) is 0. The van der Waals surface area contributed by atoms with E-state index < -0.39 is 0 Å². The number of esters is 1. The number of thioether (sulfide) groups is 1. The van der Waals surface area contributed by atoms with E-state index >= 15 is 0 Å². The number of hydrogen-bond donors (Lipinski definition) is 0. The molecule has 0 radical (unpaired) electrons. The molecule has 0 heterocycles. The minimum Gasteiger partial charge on any atom is -0.465 e. The molecule has 2 rings (SSSR count). The van der Waals surface area contributed by atoms with Crippen molar-refractivity contribution in [2.45, 2.75) is 11.5 Å². The van der Waals surface area contributed by atoms with Gasteiger partial charge in [0, 0.05) is 16.0 Å². The fraction of sp³-hybridized carbons (Fsp3) is 0.188. The molecule has 0 atom stereocenters. The molecular formula is C16H15BrO2S. The molecule has 0 bridgehead atoms. The zero-order valence-corrected chi connectivity index (χ0v) is 13.5. The first kappa shape index (κ1) is 15.1. The largest absolute Gasteiger partial charge is 0.465 e. The van der Waals surface area contributed by atoms with E-state index in [0.717, 1.165) is 16.0 Å². The molecule has 0 N–H and O–H groups in total. The van der Waals surface area contributed by atoms with Gasteiger partial charge < -0.3 is 4.74 Å². The van der Waals surface area contributed by atoms with E-state index in [4.69, 9.17) is 4.74 Å². The first-order chi connectivity index (χ1) is 9.70. The lowest BCUT2D eigenvalue weighted by Gasteiger charge is -2.07. The molecule has 2 nitrogen and oxygen atoms in total. The predicted octanol–water partition coefficient (Wildman–Crippen LogP) is 4.67. The van der Waals surface area contributed by atoms with Gasteiger partial charge in [0.05, 0.1) is 12.7 Å². The Morgan fingerprint density at radius 2 is 1.90 bits per heavy atom. The topological polar surface area (TPSA) is 26.3 Å². The Morgan fingerprint density at radius 3 is 2.55 bits per heavy atom. The quantitative estimate of drug-likeness (QED) is 0.733. The van der Waals surface area contributed by atoms with Crippen molar-refractivity contribution in [1.82, 2.24) is 0 Å². The highest BCUT2D eigenvalue weighted by Gasteiger charge is 2.08. The molecule has 0 saturated carbocycles. The van der Waals surface area contributed by atoms with Crippen molar-refractivity contribution in [3.05, 3.63) is 69.7 Å². The van der Waals surface area contributed by atoms with Gasteiger partial charge in [0.2, 0.25) is 0 Å². The summed E-state index contributed by atoms with van der Waals surface area (Å²) in [5, 5.41) is 0. The fourth-order valence-electron chi connectivity index (χ4n) is 1.76. The maximum absolute atomic E-state index is 11.4. The van der Waals surface area contributed by atoms with Crippen LogP contribution in [-0.4, -0.2) is 13.1 Å². The molecule has 0 fully saturated rings. The van der Waals surface area contributed by atoms with Crippen molar-refractivity contribution < 1.29 is 9.53 Å². The van der Waals surface area contributed by atoms with Gasteiger partial charge in [-0.25, -0.2) is 4.79 Å². The molecule has 0 aliphatic carbocycles. The number of carbonyl (C=O) groups excluding carboxylic acids is 1. The van der Waals surface area contributed by atoms with Crippen LogP contribution in [0.2, 0.25) is 0 Å². The second-order valence-corrected chi connectivity index (χ2v) is 6.12. The number of halogens is 1. The lowest BCUT2D eigenvalue weighted by atomic mass is 10.1. The predicted molar refractivity (Wildman–Crippen MR) is 86.9 cm³/mol. The molecule has 2 aromatic rings. The van der Waals surface area contributed by atoms with Crippen molar-refractivity contribution in [3.63, 3.8) is 0 Å². The Kier molecular flexibility index (Phi) is 5.68. The van der Waals surface area contributed by atoms with Gasteiger partial charge in [0.25, 0.3) is 0 Å². The first-order valence-electron chi connectivity index (χ1n) is 6.19. The maximum atomic E-state index is 11.4. The number of hydrogen-bond acceptors (Lipinski definition) is 3. The van der Waals surface area contributed by atoms with Crippen LogP contribution in [0.3, 0.4) is 0 Å². The van der Waals surface area contributed by atoms with Gasteiger partial charge in [-0.1, -0.05) is 52.3 Å². The first-order valence-corrected chi connectivity index (χ1v) is 8.14. The Bertz CT molecular complexity index is 584. The third-order valence-corrected chi connectivity index (χ3v) is 4.63. The summed E-state index contributed by atoms with van der Waals surface area (Å²) < 4.78 is 5.65. The second-order valence-electron chi connectivity index (χ2n) is 4.28. The molecule has 104 valence electrons. The summed E-state index contributed by atoms with van der Waals surface area (Å²) in [6, 6.07) is 16.0. The van der Waals surface area contributed by atoms with Crippen LogP contribution in [0.5, 0.6) is 0 Å². The van der Waals surface area contributed by atoms with E-state index in [-0.39, 0.29) is 5.97 Å². The van der Waals surface area contributed by atoms with Gasteiger partial charge >= 0.3 is 5.97 Å². The summed E-state index contributed by atoms with van der Waals surface area (Å²) >= 11 is 5.36. The summed E-state index contributed by atoms with van der Waals surface area (Å²) in [5.74, 6) is 1.57. The van der Waals surface area contributed by atoms with Gasteiger partial charge in [-0.3, -0.25) is 0 Å². The van der Waals surface area contributed by atoms with Crippen LogP contribution >= 0.6 is 27.7 Å². The van der Waals surface area contributed by atoms with E-state index in [1.165, 1.54) is 18.2 Å². The van der Waals surface area contributed by atoms with E-state index in [1.807, 2.05) is 30.0 Å². The molecule has 0 unspecified atom stereocenters. The molecule has 0 spiro atoms. The minimum atomic E-state index is -0.311. The Morgan fingerprint density at radius 1 is 1.15 bits per heavy atom. The van der Waals surface area contributed by atoms with Crippen LogP contribution in [0.15, 0.2) is 53.0 Å². The van der Waals surface area contributed by atoms with Gasteiger partial charge in [-0.15, -0.1) is 0 Å². The smallest absolute Gasteiger partial charge is 0.337 e. The Balaban J connectivity index is 1.95. The summed E-state index contributed by atoms with van der Waals surface area (Å²) in [6.07, 6.45) is 0. The number of benzene rings is 2. The molecular weight excluding hydrogens is 336 g/mol. The van der Waals surface area contributed by atoms with Crippen molar-refractivity contribution in [1.29, 1.82) is 0 Å². The van der Waals surface area contributed by atoms with E-state index in [2.05, 4.69) is 40.2 Å². The SMILES string of the molecule is COC(=O)c1ccc(CSCc2ccccc2)c(Br)c1. The van der Waals surface area contributed by atoms with Crippen molar-refractivity contribution >= 4 is 33.7 Å². The fourth-order valence-corrected chi connectivity index (χ4v) is 3.47. The van der Waals surface area contributed by atoms with Crippen LogP contribution in [0.25, 0.3) is 0 Å². The van der Waals surface area contributed by atoms with Crippen LogP contribution < -0.4 is 0 Å². The van der Waals surface area contributed by atoms with E-state index in [1.54, 1.807) is 6.07 Å². The van der Waals surface area contributed by atoms with E-state index in [0.29, 0.717) is 5.56 Å². The third-order valence-electron chi connectivity index (χ3n) is 2.84. The molecule has 0 aliphatic heterocycles. The average molecular weight is 351 g/mol. The number of ether oxygens (including phenoxy) is 1. The highest BCUT2D eigenvalue weighted by atomic mass is 79.9. The van der Waals surface area contributed by atoms with Crippen molar-refractivity contribution in [3.8, 4) is 0 Å². The zero-order chi connectivity index (χ0) is 14.4. The lowest BCUT2D eigenvalue weighted by Crippen LogP contribution is -2.01. The second kappa shape index (κ2) is 7.50. The summed E-state index contributed by atoms with van der Waals surface area (Å²) in [5.41, 5.74) is 3.06. The van der Waals surface area contributed by atoms with Crippen LogP contribution in [0.4, 0.5) is 0 Å². The maximum Gasteiger partial charge on any atom is 0.337 e. The summed E-state index contributed by atoms with van der Waals surface area (Å²) in [4.78, 5) is 11.4. The highest BCUT2D eigenvalue weighted by Crippen LogP contribution is 2.25. The number of carbonyl (C=O) groups is 1. The Labute approximate surface area is 131 Å².